The van der Waals surface area contributed by atoms with Crippen molar-refractivity contribution in [3.05, 3.63) is 89.0 Å². The highest BCUT2D eigenvalue weighted by molar-refractivity contribution is 6.10. The molecule has 3 rings (SSSR count). The summed E-state index contributed by atoms with van der Waals surface area (Å²) in [6.45, 7) is 3.80. The van der Waals surface area contributed by atoms with Crippen LogP contribution in [-0.2, 0) is 9.59 Å². The van der Waals surface area contributed by atoms with Crippen LogP contribution in [0.2, 0.25) is 0 Å². The number of rotatable bonds is 8. The fourth-order valence-electron chi connectivity index (χ4n) is 3.11. The minimum Gasteiger partial charge on any atom is -0.495 e. The van der Waals surface area contributed by atoms with Crippen molar-refractivity contribution in [2.24, 2.45) is 0 Å². The first-order chi connectivity index (χ1) is 16.4. The topological polar surface area (TPSA) is 100 Å². The Morgan fingerprint density at radius 3 is 2.50 bits per heavy atom. The lowest BCUT2D eigenvalue weighted by molar-refractivity contribution is -0.118. The third kappa shape index (κ3) is 6.47. The predicted molar refractivity (Wildman–Crippen MR) is 132 cm³/mol. The third-order valence-electron chi connectivity index (χ3n) is 5.05. The molecule has 2 amide bonds. The first-order valence-corrected chi connectivity index (χ1v) is 10.6. The molecule has 0 aliphatic carbocycles. The average Bonchev–Trinajstić information content (AvgIpc) is 2.84. The first kappa shape index (κ1) is 24.1. The van der Waals surface area contributed by atoms with Crippen LogP contribution in [0.3, 0.4) is 0 Å². The van der Waals surface area contributed by atoms with Gasteiger partial charge in [0.1, 0.15) is 23.1 Å². The van der Waals surface area contributed by atoms with E-state index in [2.05, 4.69) is 10.6 Å². The Morgan fingerprint density at radius 1 is 0.971 bits per heavy atom. The average molecular weight is 456 g/mol. The Bertz CT molecular complexity index is 1270. The number of ether oxygens (including phenoxy) is 2. The van der Waals surface area contributed by atoms with Crippen LogP contribution in [0, 0.1) is 25.2 Å². The largest absolute Gasteiger partial charge is 0.495 e. The van der Waals surface area contributed by atoms with Crippen LogP contribution in [0.15, 0.2) is 72.3 Å². The van der Waals surface area contributed by atoms with Gasteiger partial charge in [-0.3, -0.25) is 9.59 Å². The van der Waals surface area contributed by atoms with E-state index in [1.165, 1.54) is 13.2 Å². The number of benzene rings is 3. The van der Waals surface area contributed by atoms with Crippen molar-refractivity contribution in [3.8, 4) is 17.6 Å². The molecule has 0 fully saturated rings. The van der Waals surface area contributed by atoms with E-state index in [4.69, 9.17) is 9.47 Å². The molecule has 0 saturated carbocycles. The maximum Gasteiger partial charge on any atom is 0.266 e. The molecule has 0 bridgehead atoms. The van der Waals surface area contributed by atoms with Gasteiger partial charge in [-0.2, -0.15) is 5.26 Å². The lowest BCUT2D eigenvalue weighted by Gasteiger charge is -2.10. The summed E-state index contributed by atoms with van der Waals surface area (Å²) >= 11 is 0. The number of nitriles is 1. The number of carbonyl (C=O) groups excluding carboxylic acids is 2. The second kappa shape index (κ2) is 11.3. The minimum atomic E-state index is -0.564. The summed E-state index contributed by atoms with van der Waals surface area (Å²) in [7, 11) is 1.50. The summed E-state index contributed by atoms with van der Waals surface area (Å²) in [6, 6.07) is 21.3. The van der Waals surface area contributed by atoms with E-state index >= 15 is 0 Å². The van der Waals surface area contributed by atoms with Gasteiger partial charge >= 0.3 is 0 Å². The van der Waals surface area contributed by atoms with Crippen LogP contribution in [-0.4, -0.2) is 25.5 Å². The molecule has 2 N–H and O–H groups in total. The van der Waals surface area contributed by atoms with Crippen molar-refractivity contribution >= 4 is 29.3 Å². The fraction of sp³-hybridized carbons (Fsp3) is 0.148. The molecule has 7 nitrogen and oxygen atoms in total. The maximum atomic E-state index is 12.6. The molecule has 0 aliphatic heterocycles. The lowest BCUT2D eigenvalue weighted by atomic mass is 10.1. The molecule has 7 heteroatoms. The summed E-state index contributed by atoms with van der Waals surface area (Å²) in [5.74, 6) is 0.0678. The van der Waals surface area contributed by atoms with Gasteiger partial charge in [0.25, 0.3) is 11.8 Å². The molecule has 0 heterocycles. The van der Waals surface area contributed by atoms with Crippen LogP contribution in [0.1, 0.15) is 16.7 Å². The Kier molecular flexibility index (Phi) is 8.03. The second-order valence-corrected chi connectivity index (χ2v) is 7.53. The minimum absolute atomic E-state index is 0.0875. The lowest BCUT2D eigenvalue weighted by Crippen LogP contribution is -2.20. The normalized spacial score (nSPS) is 10.7. The zero-order valence-electron chi connectivity index (χ0n) is 19.2. The molecular weight excluding hydrogens is 430 g/mol. The molecule has 3 aromatic carbocycles. The third-order valence-corrected chi connectivity index (χ3v) is 5.05. The molecule has 0 atom stereocenters. The quantitative estimate of drug-likeness (QED) is 0.373. The summed E-state index contributed by atoms with van der Waals surface area (Å²) in [4.78, 5) is 24.8. The van der Waals surface area contributed by atoms with E-state index in [1.807, 2.05) is 38.1 Å². The summed E-state index contributed by atoms with van der Waals surface area (Å²) in [5.41, 5.74) is 3.89. The molecule has 0 spiro atoms. The van der Waals surface area contributed by atoms with Gasteiger partial charge in [0.05, 0.1) is 12.8 Å². The SMILES string of the molecule is COc1ccccc1NC(=O)/C(C#N)=C/c1cccc(OCC(=O)Nc2ccc(C)c(C)c2)c1. The van der Waals surface area contributed by atoms with Crippen molar-refractivity contribution in [2.75, 3.05) is 24.4 Å². The molecule has 3 aromatic rings. The molecule has 0 unspecified atom stereocenters. The molecule has 0 saturated heterocycles. The Labute approximate surface area is 198 Å². The van der Waals surface area contributed by atoms with E-state index in [0.717, 1.165) is 11.1 Å². The molecule has 0 aliphatic rings. The standard InChI is InChI=1S/C27H25N3O4/c1-18-11-12-22(13-19(18)2)29-26(31)17-34-23-8-6-7-20(15-23)14-21(16-28)27(32)30-24-9-4-5-10-25(24)33-3/h4-15H,17H2,1-3H3,(H,29,31)(H,30,32)/b21-14+. The number of nitrogens with zero attached hydrogens (tertiary/aromatic N) is 1. The van der Waals surface area contributed by atoms with Crippen molar-refractivity contribution in [3.63, 3.8) is 0 Å². The second-order valence-electron chi connectivity index (χ2n) is 7.53. The van der Waals surface area contributed by atoms with Crippen LogP contribution in [0.4, 0.5) is 11.4 Å². The maximum absolute atomic E-state index is 12.6. The van der Waals surface area contributed by atoms with Crippen LogP contribution >= 0.6 is 0 Å². The number of amides is 2. The van der Waals surface area contributed by atoms with Gasteiger partial charge in [-0.1, -0.05) is 30.3 Å². The van der Waals surface area contributed by atoms with Crippen molar-refractivity contribution in [1.82, 2.24) is 0 Å². The summed E-state index contributed by atoms with van der Waals surface area (Å²) in [5, 5.41) is 15.0. The van der Waals surface area contributed by atoms with E-state index in [0.29, 0.717) is 28.4 Å². The molecule has 0 radical (unpaired) electrons. The molecule has 172 valence electrons. The smallest absolute Gasteiger partial charge is 0.266 e. The number of carbonyl (C=O) groups is 2. The Morgan fingerprint density at radius 2 is 1.76 bits per heavy atom. The van der Waals surface area contributed by atoms with Gasteiger partial charge in [0.15, 0.2) is 6.61 Å². The molecule has 0 aromatic heterocycles. The van der Waals surface area contributed by atoms with Crippen LogP contribution in [0.25, 0.3) is 6.08 Å². The van der Waals surface area contributed by atoms with Gasteiger partial charge in [0, 0.05) is 5.69 Å². The van der Waals surface area contributed by atoms with Gasteiger partial charge in [-0.25, -0.2) is 0 Å². The number of hydrogen-bond donors (Lipinski definition) is 2. The van der Waals surface area contributed by atoms with Crippen molar-refractivity contribution in [1.29, 1.82) is 5.26 Å². The van der Waals surface area contributed by atoms with Crippen molar-refractivity contribution in [2.45, 2.75) is 13.8 Å². The zero-order chi connectivity index (χ0) is 24.5. The number of para-hydroxylation sites is 2. The number of hydrogen-bond acceptors (Lipinski definition) is 5. The van der Waals surface area contributed by atoms with Gasteiger partial charge in [-0.15, -0.1) is 0 Å². The van der Waals surface area contributed by atoms with Gasteiger partial charge in [0.2, 0.25) is 0 Å². The summed E-state index contributed by atoms with van der Waals surface area (Å²) in [6.07, 6.45) is 1.45. The fourth-order valence-corrected chi connectivity index (χ4v) is 3.11. The first-order valence-electron chi connectivity index (χ1n) is 10.6. The zero-order valence-corrected chi connectivity index (χ0v) is 19.2. The number of aryl methyl sites for hydroxylation is 2. The predicted octanol–water partition coefficient (Wildman–Crippen LogP) is 4.88. The molecule has 34 heavy (non-hydrogen) atoms. The van der Waals surface area contributed by atoms with Gasteiger partial charge < -0.3 is 20.1 Å². The van der Waals surface area contributed by atoms with E-state index in [1.54, 1.807) is 48.5 Å². The van der Waals surface area contributed by atoms with E-state index in [9.17, 15) is 14.9 Å². The Balaban J connectivity index is 1.65. The van der Waals surface area contributed by atoms with Crippen molar-refractivity contribution < 1.29 is 19.1 Å². The monoisotopic (exact) mass is 455 g/mol. The van der Waals surface area contributed by atoms with Crippen LogP contribution in [0.5, 0.6) is 11.5 Å². The van der Waals surface area contributed by atoms with Gasteiger partial charge in [-0.05, 0) is 73.0 Å². The highest BCUT2D eigenvalue weighted by Crippen LogP contribution is 2.24. The Hall–Kier alpha value is -4.57. The number of methoxy groups -OCH3 is 1. The number of anilines is 2. The highest BCUT2D eigenvalue weighted by atomic mass is 16.5. The highest BCUT2D eigenvalue weighted by Gasteiger charge is 2.12. The van der Waals surface area contributed by atoms with E-state index in [-0.39, 0.29) is 18.1 Å². The summed E-state index contributed by atoms with van der Waals surface area (Å²) < 4.78 is 10.8. The molecular formula is C27H25N3O4. The van der Waals surface area contributed by atoms with E-state index < -0.39 is 5.91 Å². The number of nitrogens with one attached hydrogen (secondary N) is 2. The van der Waals surface area contributed by atoms with Crippen LogP contribution < -0.4 is 20.1 Å².